The van der Waals surface area contributed by atoms with E-state index in [1.165, 1.54) is 11.8 Å². The van der Waals surface area contributed by atoms with Gasteiger partial charge in [0, 0.05) is 20.6 Å². The van der Waals surface area contributed by atoms with Gasteiger partial charge in [-0.2, -0.15) is 11.8 Å². The molecule has 0 amide bonds. The molecule has 0 aliphatic heterocycles. The number of Topliss-reactive ketones (excluding diaryl/α,β-unsaturated/α-hetero) is 1. The minimum atomic E-state index is -0.745. The largest absolute Gasteiger partial charge is 0.481 e. The van der Waals surface area contributed by atoms with Crippen LogP contribution in [0.3, 0.4) is 0 Å². The first-order valence-electron chi connectivity index (χ1n) is 6.83. The first-order valence-corrected chi connectivity index (χ1v) is 7.52. The van der Waals surface area contributed by atoms with Crippen molar-refractivity contribution in [3.8, 4) is 0 Å². The standard InChI is InChI=1S/C6H12O.C3H6O2.C2H7N.C2H6S.2CH4/c1-3-5-6(7)4-2;1-2-3(4)5;1-2-3;1-3-2;;/h3-5H2,1-2H3;2H2,1H3,(H,4,5);2-3H2,1H3;1-2H3;2*1H4/i;;;1D;;. The number of ketones is 1. The van der Waals surface area contributed by atoms with Crippen LogP contribution in [0.15, 0.2) is 0 Å². The molecule has 0 aliphatic carbocycles. The van der Waals surface area contributed by atoms with Gasteiger partial charge in [0.05, 0.1) is 0 Å². The molecule has 0 atom stereocenters. The monoisotopic (exact) mass is 314 g/mol. The highest BCUT2D eigenvalue weighted by atomic mass is 32.2. The topological polar surface area (TPSA) is 80.4 Å². The van der Waals surface area contributed by atoms with Crippen LogP contribution in [0.5, 0.6) is 0 Å². The second kappa shape index (κ2) is 42.9. The molecule has 0 spiro atoms. The van der Waals surface area contributed by atoms with Crippen LogP contribution in [0.25, 0.3) is 0 Å². The minimum Gasteiger partial charge on any atom is -0.481 e. The first kappa shape index (κ1) is 31.7. The van der Waals surface area contributed by atoms with Gasteiger partial charge in [0.25, 0.3) is 0 Å². The molecule has 0 heterocycles. The Kier molecular flexibility index (Phi) is 67.9. The molecular weight excluding hydrogens is 274 g/mol. The van der Waals surface area contributed by atoms with Gasteiger partial charge in [0.2, 0.25) is 0 Å². The van der Waals surface area contributed by atoms with E-state index in [1.54, 1.807) is 6.92 Å². The van der Waals surface area contributed by atoms with Crippen LogP contribution in [0.4, 0.5) is 0 Å². The van der Waals surface area contributed by atoms with Crippen LogP contribution in [-0.4, -0.2) is 35.9 Å². The number of hydrogen-bond donors (Lipinski definition) is 2. The quantitative estimate of drug-likeness (QED) is 0.800. The summed E-state index contributed by atoms with van der Waals surface area (Å²) in [5, 5.41) is 7.72. The fourth-order valence-corrected chi connectivity index (χ4v) is 0.456. The third kappa shape index (κ3) is 114. The molecule has 0 aromatic rings. The van der Waals surface area contributed by atoms with E-state index in [-0.39, 0.29) is 21.3 Å². The van der Waals surface area contributed by atoms with E-state index in [1.807, 2.05) is 27.0 Å². The van der Waals surface area contributed by atoms with Crippen molar-refractivity contribution in [2.45, 2.75) is 68.2 Å². The maximum atomic E-state index is 10.4. The summed E-state index contributed by atoms with van der Waals surface area (Å²) in [5.41, 5.74) is 4.85. The number of rotatable bonds is 4. The zero-order valence-electron chi connectivity index (χ0n) is 13.5. The van der Waals surface area contributed by atoms with Crippen molar-refractivity contribution in [1.82, 2.24) is 0 Å². The van der Waals surface area contributed by atoms with Gasteiger partial charge in [0.1, 0.15) is 5.78 Å². The van der Waals surface area contributed by atoms with Gasteiger partial charge >= 0.3 is 5.97 Å². The number of nitrogens with two attached hydrogens (primary N) is 1. The van der Waals surface area contributed by atoms with Crippen LogP contribution in [-0.2, 0) is 9.59 Å². The lowest BCUT2D eigenvalue weighted by molar-refractivity contribution is -0.136. The van der Waals surface area contributed by atoms with Gasteiger partial charge in [-0.3, -0.25) is 9.59 Å². The van der Waals surface area contributed by atoms with Gasteiger partial charge in [-0.15, -0.1) is 0 Å². The maximum absolute atomic E-state index is 10.4. The number of carbonyl (C=O) groups is 2. The Hall–Kier alpha value is -0.550. The van der Waals surface area contributed by atoms with Gasteiger partial charge < -0.3 is 10.8 Å². The Balaban J connectivity index is -0.0000000362. The van der Waals surface area contributed by atoms with Gasteiger partial charge in [-0.1, -0.05) is 42.5 Å². The number of hydrogen-bond acceptors (Lipinski definition) is 4. The van der Waals surface area contributed by atoms with E-state index < -0.39 is 5.97 Å². The maximum Gasteiger partial charge on any atom is 0.303 e. The van der Waals surface area contributed by atoms with Crippen molar-refractivity contribution in [3.63, 3.8) is 0 Å². The third-order valence-electron chi connectivity index (χ3n) is 1.23. The smallest absolute Gasteiger partial charge is 0.303 e. The summed E-state index contributed by atoms with van der Waals surface area (Å²) in [6.45, 7) is 8.17. The Bertz CT molecular complexity index is 180. The molecule has 0 saturated carbocycles. The van der Waals surface area contributed by atoms with Crippen molar-refractivity contribution in [2.24, 2.45) is 5.73 Å². The van der Waals surface area contributed by atoms with E-state index in [9.17, 15) is 9.59 Å². The first-order chi connectivity index (χ1) is 8.91. The average Bonchev–Trinajstić information content (AvgIpc) is 2.40. The summed E-state index contributed by atoms with van der Waals surface area (Å²) in [4.78, 5) is 19.8. The molecule has 0 aromatic heterocycles. The summed E-state index contributed by atoms with van der Waals surface area (Å²) >= 11 is 1.52. The van der Waals surface area contributed by atoms with Crippen molar-refractivity contribution in [2.75, 3.05) is 19.0 Å². The number of aliphatic carboxylic acids is 1. The Morgan fingerprint density at radius 1 is 1.15 bits per heavy atom. The molecule has 0 saturated heterocycles. The second-order valence-corrected chi connectivity index (χ2v) is 3.66. The average molecular weight is 315 g/mol. The lowest BCUT2D eigenvalue weighted by atomic mass is 10.2. The van der Waals surface area contributed by atoms with Crippen molar-refractivity contribution < 1.29 is 16.1 Å². The van der Waals surface area contributed by atoms with Gasteiger partial charge in [-0.25, -0.2) is 0 Å². The minimum absolute atomic E-state index is 0. The summed E-state index contributed by atoms with van der Waals surface area (Å²) in [5.74, 6) is -0.368. The molecule has 0 aromatic carbocycles. The lowest BCUT2D eigenvalue weighted by Crippen LogP contribution is -1.91. The third-order valence-corrected chi connectivity index (χ3v) is 1.23. The van der Waals surface area contributed by atoms with Gasteiger partial charge in [-0.05, 0) is 25.5 Å². The van der Waals surface area contributed by atoms with Crippen LogP contribution < -0.4 is 5.73 Å². The van der Waals surface area contributed by atoms with E-state index in [2.05, 4.69) is 0 Å². The molecule has 20 heavy (non-hydrogen) atoms. The molecule has 3 N–H and O–H groups in total. The number of carbonyl (C=O) groups excluding carboxylic acids is 1. The predicted octanol–water partition coefficient (Wildman–Crippen LogP) is 4.46. The molecule has 0 rings (SSSR count). The van der Waals surface area contributed by atoms with E-state index in [0.29, 0.717) is 18.4 Å². The van der Waals surface area contributed by atoms with E-state index >= 15 is 0 Å². The molecule has 5 heteroatoms. The summed E-state index contributed by atoms with van der Waals surface area (Å²) < 4.78 is 6.41. The Morgan fingerprint density at radius 3 is 1.50 bits per heavy atom. The summed E-state index contributed by atoms with van der Waals surface area (Å²) in [6.07, 6.45) is 5.07. The number of carboxylic acids is 1. The van der Waals surface area contributed by atoms with E-state index in [0.717, 1.165) is 19.4 Å². The number of carboxylic acid groups (broad SMARTS) is 1. The SMILES string of the molecule is C.C.CCC(=O)O.CCCC(=O)CC.CCN.[2H]CSC. The zero-order valence-corrected chi connectivity index (χ0v) is 13.3. The van der Waals surface area contributed by atoms with Gasteiger partial charge in [0.15, 0.2) is 0 Å². The van der Waals surface area contributed by atoms with Crippen LogP contribution in [0.2, 0.25) is 0 Å². The summed E-state index contributed by atoms with van der Waals surface area (Å²) in [7, 11) is 0. The zero-order chi connectivity index (χ0) is 16.1. The second-order valence-electron chi connectivity index (χ2n) is 3.09. The summed E-state index contributed by atoms with van der Waals surface area (Å²) in [6, 6.07) is 0. The van der Waals surface area contributed by atoms with Crippen molar-refractivity contribution >= 4 is 23.5 Å². The van der Waals surface area contributed by atoms with Crippen LogP contribution in [0.1, 0.15) is 69.6 Å². The molecule has 0 unspecified atom stereocenters. The highest BCUT2D eigenvalue weighted by Crippen LogP contribution is 1.90. The Labute approximate surface area is 133 Å². The van der Waals surface area contributed by atoms with Crippen LogP contribution in [0, 0.1) is 0 Å². The lowest BCUT2D eigenvalue weighted by Gasteiger charge is -1.87. The Morgan fingerprint density at radius 2 is 1.45 bits per heavy atom. The molecular formula is C15H39NO3S. The molecule has 0 radical (unpaired) electrons. The predicted molar refractivity (Wildman–Crippen MR) is 95.8 cm³/mol. The number of thioether (sulfide) groups is 1. The molecule has 0 fully saturated rings. The normalized spacial score (nSPS) is 7.40. The molecule has 0 bridgehead atoms. The van der Waals surface area contributed by atoms with Crippen LogP contribution >= 0.6 is 11.8 Å². The molecule has 4 nitrogen and oxygen atoms in total. The fourth-order valence-electron chi connectivity index (χ4n) is 0.456. The van der Waals surface area contributed by atoms with E-state index in [4.69, 9.17) is 12.2 Å². The molecule has 0 aliphatic rings. The molecule has 128 valence electrons. The van der Waals surface area contributed by atoms with Crippen molar-refractivity contribution in [3.05, 3.63) is 0 Å². The van der Waals surface area contributed by atoms with Crippen molar-refractivity contribution in [1.29, 1.82) is 0 Å². The highest BCUT2D eigenvalue weighted by Gasteiger charge is 1.91. The highest BCUT2D eigenvalue weighted by molar-refractivity contribution is 7.97. The fraction of sp³-hybridized carbons (Fsp3) is 0.867.